The summed E-state index contributed by atoms with van der Waals surface area (Å²) in [6.45, 7) is 7.20. The number of hydrogen-bond acceptors (Lipinski definition) is 7. The van der Waals surface area contributed by atoms with Gasteiger partial charge in [0.05, 0.1) is 23.9 Å². The number of thiophene rings is 1. The normalized spacial score (nSPS) is 16.2. The number of carbonyl (C=O) groups is 1. The number of aryl methyl sites for hydroxylation is 3. The highest BCUT2D eigenvalue weighted by Crippen LogP contribution is 2.31. The quantitative estimate of drug-likeness (QED) is 0.218. The maximum atomic E-state index is 13.5. The number of fused-ring (bicyclic) bond motifs is 3. The molecule has 4 heterocycles. The van der Waals surface area contributed by atoms with Gasteiger partial charge in [-0.05, 0) is 68.5 Å². The van der Waals surface area contributed by atoms with Crippen LogP contribution in [0.4, 0.5) is 0 Å². The summed E-state index contributed by atoms with van der Waals surface area (Å²) in [6.07, 6.45) is 3.63. The van der Waals surface area contributed by atoms with Crippen LogP contribution in [0.1, 0.15) is 39.9 Å². The summed E-state index contributed by atoms with van der Waals surface area (Å²) in [4.78, 5) is 36.7. The second-order valence-corrected chi connectivity index (χ2v) is 10.5. The number of nitrogens with zero attached hydrogens (tertiary/aromatic N) is 3. The smallest absolute Gasteiger partial charge is 0.272 e. The number of benzene rings is 1. The second-order valence-electron chi connectivity index (χ2n) is 8.54. The molecule has 0 aliphatic carbocycles. The van der Waals surface area contributed by atoms with Crippen LogP contribution in [-0.2, 0) is 11.3 Å². The third-order valence-electron chi connectivity index (χ3n) is 6.20. The zero-order chi connectivity index (χ0) is 23.1. The maximum Gasteiger partial charge on any atom is 0.272 e. The van der Waals surface area contributed by atoms with Crippen molar-refractivity contribution in [2.45, 2.75) is 51.4 Å². The van der Waals surface area contributed by atoms with E-state index in [9.17, 15) is 9.59 Å². The summed E-state index contributed by atoms with van der Waals surface area (Å²) in [5.41, 5.74) is 4.54. The van der Waals surface area contributed by atoms with Crippen LogP contribution < -0.4 is 5.56 Å². The molecule has 0 bridgehead atoms. The molecule has 3 aromatic heterocycles. The first kappa shape index (κ1) is 22.3. The van der Waals surface area contributed by atoms with Crippen LogP contribution in [-0.4, -0.2) is 38.8 Å². The van der Waals surface area contributed by atoms with Crippen molar-refractivity contribution in [3.63, 3.8) is 0 Å². The van der Waals surface area contributed by atoms with Gasteiger partial charge in [-0.1, -0.05) is 17.8 Å². The molecule has 1 atom stereocenters. The highest BCUT2D eigenvalue weighted by molar-refractivity contribution is 7.99. The molecule has 33 heavy (non-hydrogen) atoms. The standard InChI is InChI=1S/C25H25N3O3S2/c1-14-10-16(3)19(11-15(14)2)20(29)13-32-25-27-21-18-7-4-8-26-23(18)33-22(21)24(30)28(25)12-17-6-5-9-31-17/h4,7-8,10-11,17H,5-6,9,12-13H2,1-3H3/t17-/m1/s1. The van der Waals surface area contributed by atoms with E-state index in [2.05, 4.69) is 11.1 Å². The van der Waals surface area contributed by atoms with E-state index in [1.54, 1.807) is 10.8 Å². The predicted molar refractivity (Wildman–Crippen MR) is 134 cm³/mol. The first-order chi connectivity index (χ1) is 15.9. The first-order valence-corrected chi connectivity index (χ1v) is 12.9. The van der Waals surface area contributed by atoms with Crippen LogP contribution >= 0.6 is 23.1 Å². The molecule has 6 nitrogen and oxygen atoms in total. The summed E-state index contributed by atoms with van der Waals surface area (Å²) in [5.74, 6) is 0.253. The Kier molecular flexibility index (Phi) is 6.07. The summed E-state index contributed by atoms with van der Waals surface area (Å²) in [6, 6.07) is 7.81. The average molecular weight is 480 g/mol. The Morgan fingerprint density at radius 3 is 2.85 bits per heavy atom. The molecule has 1 aliphatic heterocycles. The Hall–Kier alpha value is -2.55. The molecule has 0 radical (unpaired) electrons. The summed E-state index contributed by atoms with van der Waals surface area (Å²) in [5, 5.41) is 1.43. The molecule has 1 aliphatic rings. The van der Waals surface area contributed by atoms with E-state index in [1.807, 2.05) is 39.0 Å². The van der Waals surface area contributed by atoms with E-state index in [-0.39, 0.29) is 23.2 Å². The van der Waals surface area contributed by atoms with E-state index < -0.39 is 0 Å². The van der Waals surface area contributed by atoms with Gasteiger partial charge in [-0.25, -0.2) is 9.97 Å². The predicted octanol–water partition coefficient (Wildman–Crippen LogP) is 5.09. The minimum Gasteiger partial charge on any atom is -0.376 e. The number of ether oxygens (including phenoxy) is 1. The van der Waals surface area contributed by atoms with E-state index in [4.69, 9.17) is 9.72 Å². The lowest BCUT2D eigenvalue weighted by atomic mass is 9.99. The Balaban J connectivity index is 1.54. The van der Waals surface area contributed by atoms with Gasteiger partial charge in [-0.2, -0.15) is 0 Å². The van der Waals surface area contributed by atoms with Gasteiger partial charge in [0.15, 0.2) is 10.9 Å². The molecule has 8 heteroatoms. The number of aromatic nitrogens is 3. The summed E-state index contributed by atoms with van der Waals surface area (Å²) in [7, 11) is 0. The molecular weight excluding hydrogens is 454 g/mol. The molecule has 170 valence electrons. The van der Waals surface area contributed by atoms with Gasteiger partial charge >= 0.3 is 0 Å². The second kappa shape index (κ2) is 9.00. The largest absolute Gasteiger partial charge is 0.376 e. The van der Waals surface area contributed by atoms with Crippen molar-refractivity contribution in [1.82, 2.24) is 14.5 Å². The van der Waals surface area contributed by atoms with Gasteiger partial charge in [-0.15, -0.1) is 11.3 Å². The van der Waals surface area contributed by atoms with Gasteiger partial charge in [0.2, 0.25) is 0 Å². The van der Waals surface area contributed by atoms with Crippen LogP contribution in [0.5, 0.6) is 0 Å². The number of pyridine rings is 1. The molecule has 0 spiro atoms. The van der Waals surface area contributed by atoms with Crippen LogP contribution in [0.25, 0.3) is 20.4 Å². The zero-order valence-corrected chi connectivity index (χ0v) is 20.5. The third-order valence-corrected chi connectivity index (χ3v) is 8.27. The number of rotatable bonds is 6. The molecular formula is C25H25N3O3S2. The van der Waals surface area contributed by atoms with E-state index in [0.29, 0.717) is 21.9 Å². The Morgan fingerprint density at radius 1 is 1.24 bits per heavy atom. The lowest BCUT2D eigenvalue weighted by molar-refractivity contribution is 0.0938. The molecule has 0 amide bonds. The van der Waals surface area contributed by atoms with Gasteiger partial charge in [0.1, 0.15) is 9.53 Å². The molecule has 5 rings (SSSR count). The Labute approximate surface area is 200 Å². The minimum absolute atomic E-state index is 0.00787. The number of ketones is 1. The molecule has 0 unspecified atom stereocenters. The van der Waals surface area contributed by atoms with Crippen molar-refractivity contribution in [1.29, 1.82) is 0 Å². The Bertz CT molecular complexity index is 1430. The maximum absolute atomic E-state index is 13.5. The van der Waals surface area contributed by atoms with Crippen LogP contribution in [0.15, 0.2) is 40.4 Å². The molecule has 0 saturated carbocycles. The SMILES string of the molecule is Cc1cc(C)c(C(=O)CSc2nc3c(sc4ncccc43)c(=O)n2C[C@H]2CCCO2)cc1C. The van der Waals surface area contributed by atoms with E-state index in [0.717, 1.165) is 46.4 Å². The van der Waals surface area contributed by atoms with Crippen molar-refractivity contribution >= 4 is 49.3 Å². The number of thioether (sulfide) groups is 1. The number of carbonyl (C=O) groups excluding carboxylic acids is 1. The van der Waals surface area contributed by atoms with Gasteiger partial charge in [0.25, 0.3) is 5.56 Å². The van der Waals surface area contributed by atoms with Crippen LogP contribution in [0.2, 0.25) is 0 Å². The monoisotopic (exact) mass is 479 g/mol. The van der Waals surface area contributed by atoms with Crippen molar-refractivity contribution in [2.75, 3.05) is 12.4 Å². The Morgan fingerprint density at radius 2 is 2.06 bits per heavy atom. The molecule has 4 aromatic rings. The molecule has 1 saturated heterocycles. The van der Waals surface area contributed by atoms with Crippen molar-refractivity contribution in [3.05, 3.63) is 63.1 Å². The van der Waals surface area contributed by atoms with Gasteiger partial charge in [-0.3, -0.25) is 14.2 Å². The fourth-order valence-electron chi connectivity index (χ4n) is 4.27. The highest BCUT2D eigenvalue weighted by atomic mass is 32.2. The lowest BCUT2D eigenvalue weighted by Crippen LogP contribution is -2.28. The van der Waals surface area contributed by atoms with Crippen molar-refractivity contribution in [2.24, 2.45) is 0 Å². The molecule has 0 N–H and O–H groups in total. The molecule has 1 aromatic carbocycles. The summed E-state index contributed by atoms with van der Waals surface area (Å²) >= 11 is 2.70. The average Bonchev–Trinajstić information content (AvgIpc) is 3.44. The third kappa shape index (κ3) is 4.23. The first-order valence-electron chi connectivity index (χ1n) is 11.1. The summed E-state index contributed by atoms with van der Waals surface area (Å²) < 4.78 is 8.09. The topological polar surface area (TPSA) is 74.1 Å². The zero-order valence-electron chi connectivity index (χ0n) is 18.9. The highest BCUT2D eigenvalue weighted by Gasteiger charge is 2.23. The van der Waals surface area contributed by atoms with E-state index >= 15 is 0 Å². The van der Waals surface area contributed by atoms with E-state index in [1.165, 1.54) is 28.7 Å². The number of hydrogen-bond donors (Lipinski definition) is 0. The fourth-order valence-corrected chi connectivity index (χ4v) is 6.19. The number of Topliss-reactive ketones (excluding diaryl/α,β-unsaturated/α-hetero) is 1. The van der Waals surface area contributed by atoms with Crippen LogP contribution in [0.3, 0.4) is 0 Å². The van der Waals surface area contributed by atoms with Crippen molar-refractivity contribution in [3.8, 4) is 0 Å². The minimum atomic E-state index is -0.0872. The lowest BCUT2D eigenvalue weighted by Gasteiger charge is -2.16. The van der Waals surface area contributed by atoms with Crippen molar-refractivity contribution < 1.29 is 9.53 Å². The fraction of sp³-hybridized carbons (Fsp3) is 0.360. The van der Waals surface area contributed by atoms with Crippen LogP contribution in [0, 0.1) is 20.8 Å². The van der Waals surface area contributed by atoms with Gasteiger partial charge < -0.3 is 4.74 Å². The molecule has 1 fully saturated rings. The van der Waals surface area contributed by atoms with Gasteiger partial charge in [0, 0.05) is 23.8 Å².